The first-order valence-electron chi connectivity index (χ1n) is 4.85. The molecule has 0 aliphatic heterocycles. The molecule has 0 aromatic carbocycles. The van der Waals surface area contributed by atoms with Crippen LogP contribution in [0.3, 0.4) is 0 Å². The highest BCUT2D eigenvalue weighted by atomic mass is 16.5. The summed E-state index contributed by atoms with van der Waals surface area (Å²) >= 11 is 0. The van der Waals surface area contributed by atoms with Crippen LogP contribution in [0.1, 0.15) is 13.8 Å². The fraction of sp³-hybridized carbons (Fsp3) is 0.600. The number of aromatic nitrogens is 1. The Kier molecular flexibility index (Phi) is 4.49. The summed E-state index contributed by atoms with van der Waals surface area (Å²) in [6.45, 7) is 4.76. The van der Waals surface area contributed by atoms with E-state index in [0.29, 0.717) is 13.2 Å². The Bertz CT molecular complexity index is 234. The molecule has 1 heterocycles. The third kappa shape index (κ3) is 4.30. The molecule has 14 heavy (non-hydrogen) atoms. The zero-order valence-electron chi connectivity index (χ0n) is 8.68. The van der Waals surface area contributed by atoms with E-state index in [4.69, 9.17) is 4.74 Å². The molecule has 0 saturated carbocycles. The van der Waals surface area contributed by atoms with Crippen molar-refractivity contribution in [1.82, 2.24) is 4.68 Å². The Morgan fingerprint density at radius 3 is 2.57 bits per heavy atom. The Labute approximate surface area is 84.5 Å². The van der Waals surface area contributed by atoms with Crippen LogP contribution in [0.5, 0.6) is 0 Å². The van der Waals surface area contributed by atoms with Crippen molar-refractivity contribution in [2.45, 2.75) is 26.1 Å². The maximum absolute atomic E-state index is 9.50. The first-order valence-corrected chi connectivity index (χ1v) is 4.85. The maximum Gasteiger partial charge on any atom is 0.0961 e. The third-order valence-electron chi connectivity index (χ3n) is 1.74. The van der Waals surface area contributed by atoms with Gasteiger partial charge in [0.1, 0.15) is 0 Å². The van der Waals surface area contributed by atoms with Gasteiger partial charge in [-0.15, -0.1) is 0 Å². The molecule has 0 saturated heterocycles. The minimum Gasteiger partial charge on any atom is -0.389 e. The molecular formula is C10H18N2O2. The Morgan fingerprint density at radius 1 is 1.36 bits per heavy atom. The van der Waals surface area contributed by atoms with E-state index < -0.39 is 6.10 Å². The third-order valence-corrected chi connectivity index (χ3v) is 1.74. The van der Waals surface area contributed by atoms with Crippen LogP contribution in [0, 0.1) is 0 Å². The summed E-state index contributed by atoms with van der Waals surface area (Å²) in [5.74, 6) is 0. The van der Waals surface area contributed by atoms with E-state index in [1.807, 2.05) is 38.4 Å². The zero-order chi connectivity index (χ0) is 10.4. The Hall–Kier alpha value is -1.00. The molecule has 1 rings (SSSR count). The van der Waals surface area contributed by atoms with Gasteiger partial charge in [-0.05, 0) is 26.0 Å². The molecule has 1 unspecified atom stereocenters. The van der Waals surface area contributed by atoms with Crippen molar-refractivity contribution in [3.05, 3.63) is 24.5 Å². The number of rotatable bonds is 6. The predicted molar refractivity (Wildman–Crippen MR) is 55.8 cm³/mol. The van der Waals surface area contributed by atoms with Gasteiger partial charge in [0.2, 0.25) is 0 Å². The maximum atomic E-state index is 9.50. The second-order valence-electron chi connectivity index (χ2n) is 3.49. The number of aliphatic hydroxyl groups is 1. The van der Waals surface area contributed by atoms with Crippen molar-refractivity contribution in [3.8, 4) is 0 Å². The normalized spacial score (nSPS) is 13.1. The molecule has 0 spiro atoms. The van der Waals surface area contributed by atoms with Crippen molar-refractivity contribution in [2.24, 2.45) is 0 Å². The summed E-state index contributed by atoms with van der Waals surface area (Å²) in [5, 5.41) is 9.50. The van der Waals surface area contributed by atoms with Crippen molar-refractivity contribution in [3.63, 3.8) is 0 Å². The van der Waals surface area contributed by atoms with Gasteiger partial charge < -0.3 is 15.3 Å². The Balaban J connectivity index is 2.12. The van der Waals surface area contributed by atoms with Gasteiger partial charge in [0.05, 0.1) is 25.4 Å². The first-order chi connectivity index (χ1) is 6.68. The molecule has 0 amide bonds. The predicted octanol–water partition coefficient (Wildman–Crippen LogP) is 0.817. The van der Waals surface area contributed by atoms with Crippen LogP contribution in [0.25, 0.3) is 0 Å². The highest BCUT2D eigenvalue weighted by molar-refractivity contribution is 4.93. The SMILES string of the molecule is CC(C)OCC(O)CNn1cccc1. The molecule has 0 aliphatic rings. The monoisotopic (exact) mass is 198 g/mol. The topological polar surface area (TPSA) is 46.4 Å². The number of ether oxygens (including phenoxy) is 1. The minimum atomic E-state index is -0.472. The van der Waals surface area contributed by atoms with Crippen LogP contribution in [0.15, 0.2) is 24.5 Å². The molecule has 0 fully saturated rings. The van der Waals surface area contributed by atoms with Gasteiger partial charge in [0.15, 0.2) is 0 Å². The van der Waals surface area contributed by atoms with Gasteiger partial charge in [-0.3, -0.25) is 4.68 Å². The summed E-state index contributed by atoms with van der Waals surface area (Å²) < 4.78 is 7.08. The van der Waals surface area contributed by atoms with Gasteiger partial charge >= 0.3 is 0 Å². The summed E-state index contributed by atoms with van der Waals surface area (Å²) in [4.78, 5) is 0. The summed E-state index contributed by atoms with van der Waals surface area (Å²) in [7, 11) is 0. The molecule has 4 heteroatoms. The van der Waals surface area contributed by atoms with E-state index in [1.54, 1.807) is 4.68 Å². The van der Waals surface area contributed by atoms with E-state index in [1.165, 1.54) is 0 Å². The molecule has 0 radical (unpaired) electrons. The highest BCUT2D eigenvalue weighted by Crippen LogP contribution is 1.92. The fourth-order valence-corrected chi connectivity index (χ4v) is 1.01. The molecule has 1 aromatic heterocycles. The fourth-order valence-electron chi connectivity index (χ4n) is 1.01. The van der Waals surface area contributed by atoms with E-state index >= 15 is 0 Å². The average Bonchev–Trinajstić information content (AvgIpc) is 2.63. The standard InChI is InChI=1S/C10H18N2O2/c1-9(2)14-8-10(13)7-11-12-5-3-4-6-12/h3-6,9-11,13H,7-8H2,1-2H3. The number of nitrogens with zero attached hydrogens (tertiary/aromatic N) is 1. The smallest absolute Gasteiger partial charge is 0.0961 e. The second-order valence-corrected chi connectivity index (χ2v) is 3.49. The van der Waals surface area contributed by atoms with Crippen LogP contribution >= 0.6 is 0 Å². The van der Waals surface area contributed by atoms with Gasteiger partial charge in [-0.1, -0.05) is 0 Å². The number of nitrogens with one attached hydrogen (secondary N) is 1. The summed E-state index contributed by atoms with van der Waals surface area (Å²) in [6.07, 6.45) is 3.46. The van der Waals surface area contributed by atoms with Crippen LogP contribution in [0.4, 0.5) is 0 Å². The quantitative estimate of drug-likeness (QED) is 0.711. The highest BCUT2D eigenvalue weighted by Gasteiger charge is 2.04. The molecule has 0 aliphatic carbocycles. The molecule has 2 N–H and O–H groups in total. The van der Waals surface area contributed by atoms with E-state index in [2.05, 4.69) is 5.43 Å². The Morgan fingerprint density at radius 2 is 2.00 bits per heavy atom. The first kappa shape index (κ1) is 11.1. The minimum absolute atomic E-state index is 0.163. The zero-order valence-corrected chi connectivity index (χ0v) is 8.68. The molecular weight excluding hydrogens is 180 g/mol. The van der Waals surface area contributed by atoms with Crippen LogP contribution in [0.2, 0.25) is 0 Å². The van der Waals surface area contributed by atoms with E-state index in [9.17, 15) is 5.11 Å². The summed E-state index contributed by atoms with van der Waals surface area (Å²) in [5.41, 5.74) is 3.03. The molecule has 1 aromatic rings. The lowest BCUT2D eigenvalue weighted by Gasteiger charge is -2.15. The molecule has 4 nitrogen and oxygen atoms in total. The lowest BCUT2D eigenvalue weighted by Crippen LogP contribution is -2.29. The van der Waals surface area contributed by atoms with Gasteiger partial charge in [-0.25, -0.2) is 0 Å². The molecule has 0 bridgehead atoms. The van der Waals surface area contributed by atoms with Crippen molar-refractivity contribution >= 4 is 0 Å². The van der Waals surface area contributed by atoms with E-state index in [-0.39, 0.29) is 6.10 Å². The average molecular weight is 198 g/mol. The van der Waals surface area contributed by atoms with Gasteiger partial charge in [0, 0.05) is 12.4 Å². The largest absolute Gasteiger partial charge is 0.389 e. The molecule has 80 valence electrons. The second kappa shape index (κ2) is 5.67. The van der Waals surface area contributed by atoms with E-state index in [0.717, 1.165) is 0 Å². The number of hydrogen-bond acceptors (Lipinski definition) is 3. The summed E-state index contributed by atoms with van der Waals surface area (Å²) in [6, 6.07) is 3.84. The van der Waals surface area contributed by atoms with Crippen LogP contribution in [-0.2, 0) is 4.74 Å². The number of hydrogen-bond donors (Lipinski definition) is 2. The van der Waals surface area contributed by atoms with Crippen LogP contribution in [-0.4, -0.2) is 35.1 Å². The lowest BCUT2D eigenvalue weighted by molar-refractivity contribution is 0.0103. The van der Waals surface area contributed by atoms with Crippen molar-refractivity contribution < 1.29 is 9.84 Å². The van der Waals surface area contributed by atoms with Gasteiger partial charge in [-0.2, -0.15) is 0 Å². The lowest BCUT2D eigenvalue weighted by atomic mass is 10.4. The van der Waals surface area contributed by atoms with Crippen molar-refractivity contribution in [1.29, 1.82) is 0 Å². The van der Waals surface area contributed by atoms with Gasteiger partial charge in [0.25, 0.3) is 0 Å². The molecule has 1 atom stereocenters. The van der Waals surface area contributed by atoms with Crippen LogP contribution < -0.4 is 5.43 Å². The van der Waals surface area contributed by atoms with Crippen molar-refractivity contribution in [2.75, 3.05) is 18.6 Å². The number of aliphatic hydroxyl groups excluding tert-OH is 1.